The summed E-state index contributed by atoms with van der Waals surface area (Å²) in [7, 11) is 0. The first kappa shape index (κ1) is 14.5. The summed E-state index contributed by atoms with van der Waals surface area (Å²) in [5, 5.41) is 9.38. The monoisotopic (exact) mass is 317 g/mol. The highest BCUT2D eigenvalue weighted by atomic mass is 35.5. The summed E-state index contributed by atoms with van der Waals surface area (Å²) in [4.78, 5) is 0. The van der Waals surface area contributed by atoms with Crippen molar-refractivity contribution in [2.75, 3.05) is 0 Å². The number of hydrogen-bond donors (Lipinski definition) is 0. The molecule has 4 rings (SSSR count). The van der Waals surface area contributed by atoms with Crippen LogP contribution in [0.15, 0.2) is 23.8 Å². The van der Waals surface area contributed by atoms with Gasteiger partial charge in [-0.3, -0.25) is 0 Å². The Balaban J connectivity index is 1.72. The highest BCUT2D eigenvalue weighted by molar-refractivity contribution is 6.22. The molecule has 0 spiro atoms. The molecule has 0 N–H and O–H groups in total. The number of hydrogen-bond acceptors (Lipinski definition) is 2. The molecule has 0 saturated heterocycles. The van der Waals surface area contributed by atoms with Gasteiger partial charge in [-0.2, -0.15) is 0 Å². The van der Waals surface area contributed by atoms with Crippen LogP contribution in [0.5, 0.6) is 0 Å². The zero-order valence-corrected chi connectivity index (χ0v) is 13.9. The molecule has 0 amide bonds. The number of aryl methyl sites for hydroxylation is 1. The second-order valence-corrected chi connectivity index (χ2v) is 7.52. The van der Waals surface area contributed by atoms with Crippen molar-refractivity contribution in [3.8, 4) is 0 Å². The van der Waals surface area contributed by atoms with E-state index in [1.807, 2.05) is 0 Å². The van der Waals surface area contributed by atoms with E-state index < -0.39 is 0 Å². The molecule has 4 heteroatoms. The highest BCUT2D eigenvalue weighted by Gasteiger charge is 2.45. The van der Waals surface area contributed by atoms with Crippen LogP contribution in [0.25, 0.3) is 0 Å². The summed E-state index contributed by atoms with van der Waals surface area (Å²) in [6.07, 6.45) is 17.6. The van der Waals surface area contributed by atoms with Gasteiger partial charge < -0.3 is 4.57 Å². The summed E-state index contributed by atoms with van der Waals surface area (Å²) in [6, 6.07) is 0. The fourth-order valence-corrected chi connectivity index (χ4v) is 4.30. The fourth-order valence-electron chi connectivity index (χ4n) is 4.14. The number of fused-ring (bicyclic) bond motifs is 1. The normalized spacial score (nSPS) is 27.3. The van der Waals surface area contributed by atoms with Crippen LogP contribution in [0.4, 0.5) is 0 Å². The van der Waals surface area contributed by atoms with E-state index in [0.29, 0.717) is 0 Å². The molecule has 1 atom stereocenters. The van der Waals surface area contributed by atoms with Crippen LogP contribution in [0.2, 0.25) is 0 Å². The van der Waals surface area contributed by atoms with Crippen molar-refractivity contribution in [3.63, 3.8) is 0 Å². The van der Waals surface area contributed by atoms with Crippen LogP contribution in [0.1, 0.15) is 63.0 Å². The molecule has 1 aliphatic heterocycles. The molecule has 22 heavy (non-hydrogen) atoms. The standard InChI is InChI=1S/C18H24ClN3/c19-15-9-7-14(8-10-15)18(11-5-12-18)17-21-20-16-6-3-1-2-4-13-22(16)17/h7-9,15H,1-6,10-13H2. The lowest BCUT2D eigenvalue weighted by Crippen LogP contribution is -2.39. The van der Waals surface area contributed by atoms with E-state index in [4.69, 9.17) is 11.6 Å². The van der Waals surface area contributed by atoms with Gasteiger partial charge in [0.15, 0.2) is 0 Å². The lowest BCUT2D eigenvalue weighted by Gasteiger charge is -2.43. The third kappa shape index (κ3) is 2.34. The molecule has 1 aromatic rings. The second kappa shape index (κ2) is 5.84. The average molecular weight is 318 g/mol. The summed E-state index contributed by atoms with van der Waals surface area (Å²) >= 11 is 6.21. The molecule has 3 aliphatic rings. The Morgan fingerprint density at radius 2 is 1.95 bits per heavy atom. The van der Waals surface area contributed by atoms with Gasteiger partial charge in [0.1, 0.15) is 11.6 Å². The molecule has 118 valence electrons. The number of aromatic nitrogens is 3. The van der Waals surface area contributed by atoms with Crippen LogP contribution >= 0.6 is 11.6 Å². The molecule has 0 aromatic carbocycles. The summed E-state index contributed by atoms with van der Waals surface area (Å²) in [6.45, 7) is 1.09. The largest absolute Gasteiger partial charge is 0.314 e. The van der Waals surface area contributed by atoms with Crippen LogP contribution in [0, 0.1) is 0 Å². The van der Waals surface area contributed by atoms with Gasteiger partial charge in [-0.25, -0.2) is 0 Å². The van der Waals surface area contributed by atoms with E-state index in [1.54, 1.807) is 0 Å². The van der Waals surface area contributed by atoms with Gasteiger partial charge in [-0.05, 0) is 37.7 Å². The molecular formula is C18H24ClN3. The predicted octanol–water partition coefficient (Wildman–Crippen LogP) is 4.31. The molecule has 3 nitrogen and oxygen atoms in total. The van der Waals surface area contributed by atoms with Crippen molar-refractivity contribution in [3.05, 3.63) is 35.4 Å². The van der Waals surface area contributed by atoms with Gasteiger partial charge >= 0.3 is 0 Å². The van der Waals surface area contributed by atoms with E-state index >= 15 is 0 Å². The lowest BCUT2D eigenvalue weighted by atomic mass is 9.62. The fraction of sp³-hybridized carbons (Fsp3) is 0.667. The number of halogens is 1. The minimum absolute atomic E-state index is 0.109. The van der Waals surface area contributed by atoms with Gasteiger partial charge in [0, 0.05) is 13.0 Å². The van der Waals surface area contributed by atoms with Gasteiger partial charge in [0.2, 0.25) is 0 Å². The minimum Gasteiger partial charge on any atom is -0.314 e. The van der Waals surface area contributed by atoms with Crippen molar-refractivity contribution in [1.29, 1.82) is 0 Å². The number of alkyl halides is 1. The number of allylic oxidation sites excluding steroid dienone is 4. The second-order valence-electron chi connectivity index (χ2n) is 6.96. The smallest absolute Gasteiger partial charge is 0.143 e. The van der Waals surface area contributed by atoms with Crippen molar-refractivity contribution in [1.82, 2.24) is 14.8 Å². The Hall–Kier alpha value is -1.09. The highest BCUT2D eigenvalue weighted by Crippen LogP contribution is 2.50. The predicted molar refractivity (Wildman–Crippen MR) is 89.2 cm³/mol. The maximum atomic E-state index is 6.21. The average Bonchev–Trinajstić information content (AvgIpc) is 2.82. The molecule has 0 radical (unpaired) electrons. The minimum atomic E-state index is 0.109. The van der Waals surface area contributed by atoms with Crippen molar-refractivity contribution >= 4 is 11.6 Å². The Kier molecular flexibility index (Phi) is 3.85. The first-order chi connectivity index (χ1) is 10.8. The number of nitrogens with zero attached hydrogens (tertiary/aromatic N) is 3. The number of rotatable bonds is 2. The van der Waals surface area contributed by atoms with E-state index in [0.717, 1.165) is 19.4 Å². The zero-order valence-electron chi connectivity index (χ0n) is 13.1. The topological polar surface area (TPSA) is 30.7 Å². The maximum Gasteiger partial charge on any atom is 0.143 e. The molecule has 1 aromatic heterocycles. The third-order valence-corrected chi connectivity index (χ3v) is 5.92. The van der Waals surface area contributed by atoms with Crippen LogP contribution < -0.4 is 0 Å². The third-order valence-electron chi connectivity index (χ3n) is 5.59. The van der Waals surface area contributed by atoms with E-state index in [2.05, 4.69) is 33.0 Å². The maximum absolute atomic E-state index is 6.21. The molecular weight excluding hydrogens is 294 g/mol. The molecule has 1 saturated carbocycles. The van der Waals surface area contributed by atoms with E-state index in [9.17, 15) is 0 Å². The molecule has 2 aliphatic carbocycles. The van der Waals surface area contributed by atoms with Crippen LogP contribution in [0.3, 0.4) is 0 Å². The van der Waals surface area contributed by atoms with E-state index in [1.165, 1.54) is 62.2 Å². The Labute approximate surface area is 137 Å². The van der Waals surface area contributed by atoms with E-state index in [-0.39, 0.29) is 10.8 Å². The molecule has 0 bridgehead atoms. The summed E-state index contributed by atoms with van der Waals surface area (Å²) in [5.41, 5.74) is 1.53. The van der Waals surface area contributed by atoms with Gasteiger partial charge in [-0.1, -0.05) is 37.5 Å². The first-order valence-corrected chi connectivity index (χ1v) is 9.19. The Bertz CT molecular complexity index is 610. The van der Waals surface area contributed by atoms with Gasteiger partial charge in [0.05, 0.1) is 10.8 Å². The van der Waals surface area contributed by atoms with Crippen LogP contribution in [-0.4, -0.2) is 20.1 Å². The van der Waals surface area contributed by atoms with Gasteiger partial charge in [0.25, 0.3) is 0 Å². The van der Waals surface area contributed by atoms with Gasteiger partial charge in [-0.15, -0.1) is 21.8 Å². The SMILES string of the molecule is ClC1C=CC(C2(c3nnc4n3CCCCCC4)CCC2)=CC1. The van der Waals surface area contributed by atoms with Crippen molar-refractivity contribution in [2.45, 2.75) is 75.1 Å². The Morgan fingerprint density at radius 1 is 1.09 bits per heavy atom. The molecule has 2 heterocycles. The summed E-state index contributed by atoms with van der Waals surface area (Å²) < 4.78 is 2.44. The lowest BCUT2D eigenvalue weighted by molar-refractivity contribution is 0.270. The first-order valence-electron chi connectivity index (χ1n) is 8.75. The van der Waals surface area contributed by atoms with Crippen LogP contribution in [-0.2, 0) is 18.4 Å². The Morgan fingerprint density at radius 3 is 2.68 bits per heavy atom. The quantitative estimate of drug-likeness (QED) is 0.761. The molecule has 1 unspecified atom stereocenters. The van der Waals surface area contributed by atoms with Crippen molar-refractivity contribution in [2.24, 2.45) is 0 Å². The molecule has 1 fully saturated rings. The zero-order chi connectivity index (χ0) is 15.0. The summed E-state index contributed by atoms with van der Waals surface area (Å²) in [5.74, 6) is 2.43. The van der Waals surface area contributed by atoms with Crippen molar-refractivity contribution < 1.29 is 0 Å².